The minimum atomic E-state index is -0.382. The number of benzene rings is 1. The fourth-order valence-electron chi connectivity index (χ4n) is 3.18. The summed E-state index contributed by atoms with van der Waals surface area (Å²) in [6.45, 7) is 0. The van der Waals surface area contributed by atoms with Crippen LogP contribution in [-0.4, -0.2) is 9.55 Å². The number of halogens is 2. The lowest BCUT2D eigenvalue weighted by molar-refractivity contribution is 0.375. The van der Waals surface area contributed by atoms with Gasteiger partial charge in [0.05, 0.1) is 16.1 Å². The quantitative estimate of drug-likeness (QED) is 0.662. The molecule has 2 aromatic rings. The van der Waals surface area contributed by atoms with E-state index < -0.39 is 0 Å². The Labute approximate surface area is 127 Å². The molecule has 0 atom stereocenters. The summed E-state index contributed by atoms with van der Waals surface area (Å²) in [5.41, 5.74) is 1.66. The zero-order valence-corrected chi connectivity index (χ0v) is 12.9. The van der Waals surface area contributed by atoms with Crippen LogP contribution in [0.4, 0.5) is 4.39 Å². The molecule has 3 rings (SSSR count). The molecule has 0 bridgehead atoms. The number of aromatic nitrogens is 2. The van der Waals surface area contributed by atoms with Gasteiger partial charge in [0, 0.05) is 12.1 Å². The highest BCUT2D eigenvalue weighted by Gasteiger charge is 2.18. The Morgan fingerprint density at radius 1 is 1.15 bits per heavy atom. The minimum Gasteiger partial charge on any atom is -0.331 e. The highest BCUT2D eigenvalue weighted by Crippen LogP contribution is 2.31. The predicted octanol–water partition coefficient (Wildman–Crippen LogP) is 5.78. The Morgan fingerprint density at radius 2 is 1.80 bits per heavy atom. The van der Waals surface area contributed by atoms with Crippen LogP contribution in [0.5, 0.6) is 0 Å². The second-order valence-corrected chi connectivity index (χ2v) is 6.38. The van der Waals surface area contributed by atoms with Gasteiger partial charge >= 0.3 is 0 Å². The minimum absolute atomic E-state index is 0.138. The van der Waals surface area contributed by atoms with Gasteiger partial charge < -0.3 is 9.55 Å². The van der Waals surface area contributed by atoms with E-state index in [1.54, 1.807) is 6.07 Å². The highest BCUT2D eigenvalue weighted by molar-refractivity contribution is 7.71. The van der Waals surface area contributed by atoms with Crippen molar-refractivity contribution in [1.82, 2.24) is 9.55 Å². The van der Waals surface area contributed by atoms with Gasteiger partial charge in [-0.3, -0.25) is 0 Å². The van der Waals surface area contributed by atoms with Crippen molar-refractivity contribution >= 4 is 34.9 Å². The topological polar surface area (TPSA) is 20.7 Å². The number of fused-ring (bicyclic) bond motifs is 1. The van der Waals surface area contributed by atoms with Crippen LogP contribution < -0.4 is 0 Å². The summed E-state index contributed by atoms with van der Waals surface area (Å²) in [7, 11) is 0. The number of nitrogens with zero attached hydrogens (tertiary/aromatic N) is 1. The highest BCUT2D eigenvalue weighted by atomic mass is 35.5. The van der Waals surface area contributed by atoms with Crippen molar-refractivity contribution in [2.45, 2.75) is 51.0 Å². The van der Waals surface area contributed by atoms with Gasteiger partial charge in [0.2, 0.25) is 0 Å². The summed E-state index contributed by atoms with van der Waals surface area (Å²) in [5.74, 6) is -0.382. The molecule has 1 fully saturated rings. The van der Waals surface area contributed by atoms with Gasteiger partial charge in [-0.2, -0.15) is 0 Å². The number of rotatable bonds is 1. The Balaban J connectivity index is 2.07. The van der Waals surface area contributed by atoms with Crippen LogP contribution in [0.15, 0.2) is 12.1 Å². The summed E-state index contributed by atoms with van der Waals surface area (Å²) in [6, 6.07) is 3.50. The van der Waals surface area contributed by atoms with Crippen molar-refractivity contribution in [2.75, 3.05) is 0 Å². The molecular weight excluding hydrogens is 295 g/mol. The van der Waals surface area contributed by atoms with E-state index in [-0.39, 0.29) is 10.8 Å². The van der Waals surface area contributed by atoms with Gasteiger partial charge in [-0.25, -0.2) is 4.39 Å². The van der Waals surface area contributed by atoms with Crippen molar-refractivity contribution in [2.24, 2.45) is 0 Å². The standard InChI is InChI=1S/C15H18ClFN2S/c16-11-8-13-14(9-12(11)17)19(15(20)18-13)10-6-4-2-1-3-5-7-10/h8-10H,1-7H2,(H,18,20). The predicted molar refractivity (Wildman–Crippen MR) is 83.4 cm³/mol. The van der Waals surface area contributed by atoms with Crippen molar-refractivity contribution in [3.8, 4) is 0 Å². The summed E-state index contributed by atoms with van der Waals surface area (Å²) in [6.07, 6.45) is 8.57. The number of hydrogen-bond donors (Lipinski definition) is 1. The summed E-state index contributed by atoms with van der Waals surface area (Å²) in [5, 5.41) is 0.138. The molecule has 108 valence electrons. The molecule has 0 spiro atoms. The molecule has 1 N–H and O–H groups in total. The third kappa shape index (κ3) is 2.63. The maximum Gasteiger partial charge on any atom is 0.178 e. The molecule has 1 aliphatic rings. The van der Waals surface area contributed by atoms with Crippen LogP contribution in [0.3, 0.4) is 0 Å². The third-order valence-corrected chi connectivity index (χ3v) is 4.79. The third-order valence-electron chi connectivity index (χ3n) is 4.20. The lowest BCUT2D eigenvalue weighted by Gasteiger charge is -2.22. The number of hydrogen-bond acceptors (Lipinski definition) is 1. The fourth-order valence-corrected chi connectivity index (χ4v) is 3.70. The van der Waals surface area contributed by atoms with Gasteiger partial charge in [-0.1, -0.05) is 43.7 Å². The van der Waals surface area contributed by atoms with Crippen molar-refractivity contribution in [3.63, 3.8) is 0 Å². The van der Waals surface area contributed by atoms with E-state index in [0.717, 1.165) is 23.9 Å². The first kappa shape index (κ1) is 14.1. The molecule has 5 heteroatoms. The first-order valence-corrected chi connectivity index (χ1v) is 8.04. The van der Waals surface area contributed by atoms with Crippen LogP contribution in [0.25, 0.3) is 11.0 Å². The molecule has 0 aliphatic heterocycles. The van der Waals surface area contributed by atoms with E-state index in [2.05, 4.69) is 9.55 Å². The molecule has 1 heterocycles. The molecular formula is C15H18ClFN2S. The molecule has 1 aromatic heterocycles. The average Bonchev–Trinajstić information content (AvgIpc) is 2.66. The Hall–Kier alpha value is -0.870. The number of aromatic amines is 1. The first-order valence-electron chi connectivity index (χ1n) is 7.26. The maximum absolute atomic E-state index is 13.8. The SMILES string of the molecule is Fc1cc2c(cc1Cl)[nH]c(=S)n2C1CCCCCCC1. The van der Waals surface area contributed by atoms with Crippen molar-refractivity contribution in [1.29, 1.82) is 0 Å². The Kier molecular flexibility index (Phi) is 4.13. The van der Waals surface area contributed by atoms with Crippen LogP contribution in [0, 0.1) is 10.6 Å². The molecule has 1 saturated carbocycles. The second kappa shape index (κ2) is 5.86. The lowest BCUT2D eigenvalue weighted by atomic mass is 9.96. The average molecular weight is 313 g/mol. The van der Waals surface area contributed by atoms with Gasteiger partial charge in [0.15, 0.2) is 4.77 Å². The van der Waals surface area contributed by atoms with Gasteiger partial charge in [0.1, 0.15) is 5.82 Å². The largest absolute Gasteiger partial charge is 0.331 e. The van der Waals surface area contributed by atoms with Gasteiger partial charge in [0.25, 0.3) is 0 Å². The molecule has 0 amide bonds. The molecule has 1 aliphatic carbocycles. The van der Waals surface area contributed by atoms with Crippen LogP contribution >= 0.6 is 23.8 Å². The summed E-state index contributed by atoms with van der Waals surface area (Å²) in [4.78, 5) is 3.16. The second-order valence-electron chi connectivity index (χ2n) is 5.58. The number of imidazole rings is 1. The van der Waals surface area contributed by atoms with Crippen molar-refractivity contribution < 1.29 is 4.39 Å². The van der Waals surface area contributed by atoms with E-state index in [9.17, 15) is 4.39 Å². The molecule has 2 nitrogen and oxygen atoms in total. The Morgan fingerprint density at radius 3 is 2.50 bits per heavy atom. The lowest BCUT2D eigenvalue weighted by Crippen LogP contribution is -2.11. The summed E-state index contributed by atoms with van der Waals surface area (Å²) < 4.78 is 16.5. The molecule has 1 aromatic carbocycles. The monoisotopic (exact) mass is 312 g/mol. The molecule has 0 unspecified atom stereocenters. The maximum atomic E-state index is 13.8. The zero-order valence-electron chi connectivity index (χ0n) is 11.3. The zero-order chi connectivity index (χ0) is 14.1. The molecule has 0 saturated heterocycles. The van der Waals surface area contributed by atoms with Crippen molar-refractivity contribution in [3.05, 3.63) is 27.7 Å². The number of nitrogens with one attached hydrogen (secondary N) is 1. The smallest absolute Gasteiger partial charge is 0.178 e. The summed E-state index contributed by atoms with van der Waals surface area (Å²) >= 11 is 11.3. The molecule has 0 radical (unpaired) electrons. The normalized spacial score (nSPS) is 18.1. The fraction of sp³-hybridized carbons (Fsp3) is 0.533. The van der Waals surface area contributed by atoms with E-state index in [1.807, 2.05) is 0 Å². The molecule has 20 heavy (non-hydrogen) atoms. The van der Waals surface area contributed by atoms with E-state index in [0.29, 0.717) is 10.8 Å². The number of H-pyrrole nitrogens is 1. The van der Waals surface area contributed by atoms with Gasteiger partial charge in [-0.05, 0) is 31.1 Å². The van der Waals surface area contributed by atoms with E-state index in [1.165, 1.54) is 38.2 Å². The van der Waals surface area contributed by atoms with Crippen LogP contribution in [0.1, 0.15) is 51.0 Å². The Bertz CT molecular complexity index is 668. The van der Waals surface area contributed by atoms with Crippen LogP contribution in [-0.2, 0) is 0 Å². The first-order chi connectivity index (χ1) is 9.66. The van der Waals surface area contributed by atoms with E-state index in [4.69, 9.17) is 23.8 Å². The van der Waals surface area contributed by atoms with E-state index >= 15 is 0 Å². The van der Waals surface area contributed by atoms with Gasteiger partial charge in [-0.15, -0.1) is 0 Å². The van der Waals surface area contributed by atoms with Crippen LogP contribution in [0.2, 0.25) is 5.02 Å².